The molecule has 2 heterocycles. The van der Waals surface area contributed by atoms with Gasteiger partial charge in [-0.1, -0.05) is 23.2 Å². The van der Waals surface area contributed by atoms with Crippen LogP contribution in [0.1, 0.15) is 6.42 Å². The van der Waals surface area contributed by atoms with E-state index >= 15 is 0 Å². The smallest absolute Gasteiger partial charge is 0.235 e. The minimum atomic E-state index is 0.0240. The van der Waals surface area contributed by atoms with Crippen molar-refractivity contribution in [2.45, 2.75) is 12.5 Å². The molecule has 16 heavy (non-hydrogen) atoms. The van der Waals surface area contributed by atoms with Crippen LogP contribution < -0.4 is 10.1 Å². The standard InChI is InChI=1S/C10H12Cl2N2O2/c1-13-9-7(11)4-8(12)10(14-9)16-6-2-3-15-5-6/h4,6H,2-3,5H2,1H3,(H,13,14). The van der Waals surface area contributed by atoms with Gasteiger partial charge in [0.15, 0.2) is 0 Å². The maximum atomic E-state index is 6.00. The minimum absolute atomic E-state index is 0.0240. The number of pyridine rings is 1. The highest BCUT2D eigenvalue weighted by molar-refractivity contribution is 6.36. The van der Waals surface area contributed by atoms with E-state index in [0.717, 1.165) is 13.0 Å². The summed E-state index contributed by atoms with van der Waals surface area (Å²) in [5.74, 6) is 0.950. The third-order valence-corrected chi connectivity index (χ3v) is 2.86. The summed E-state index contributed by atoms with van der Waals surface area (Å²) < 4.78 is 10.8. The molecule has 1 aromatic heterocycles. The van der Waals surface area contributed by atoms with Crippen LogP contribution in [0.15, 0.2) is 6.07 Å². The number of anilines is 1. The van der Waals surface area contributed by atoms with Gasteiger partial charge >= 0.3 is 0 Å². The maximum absolute atomic E-state index is 6.00. The molecule has 0 aromatic carbocycles. The molecule has 1 saturated heterocycles. The quantitative estimate of drug-likeness (QED) is 0.910. The van der Waals surface area contributed by atoms with E-state index in [4.69, 9.17) is 32.7 Å². The van der Waals surface area contributed by atoms with Crippen LogP contribution in [0.4, 0.5) is 5.82 Å². The third-order valence-electron chi connectivity index (χ3n) is 2.30. The molecule has 4 nitrogen and oxygen atoms in total. The third kappa shape index (κ3) is 2.51. The van der Waals surface area contributed by atoms with Gasteiger partial charge in [-0.2, -0.15) is 4.98 Å². The van der Waals surface area contributed by atoms with Crippen molar-refractivity contribution >= 4 is 29.0 Å². The molecule has 1 unspecified atom stereocenters. The second kappa shape index (κ2) is 5.08. The largest absolute Gasteiger partial charge is 0.471 e. The number of hydrogen-bond donors (Lipinski definition) is 1. The zero-order chi connectivity index (χ0) is 11.5. The van der Waals surface area contributed by atoms with Gasteiger partial charge in [0.25, 0.3) is 0 Å². The van der Waals surface area contributed by atoms with E-state index in [2.05, 4.69) is 10.3 Å². The second-order valence-corrected chi connectivity index (χ2v) is 4.27. The van der Waals surface area contributed by atoms with E-state index in [1.165, 1.54) is 0 Å². The van der Waals surface area contributed by atoms with Crippen molar-refractivity contribution in [2.24, 2.45) is 0 Å². The average Bonchev–Trinajstić information content (AvgIpc) is 2.75. The molecule has 0 aliphatic carbocycles. The fourth-order valence-corrected chi connectivity index (χ4v) is 1.97. The van der Waals surface area contributed by atoms with Crippen LogP contribution in [0.25, 0.3) is 0 Å². The Morgan fingerprint density at radius 1 is 1.50 bits per heavy atom. The van der Waals surface area contributed by atoms with Crippen molar-refractivity contribution in [1.82, 2.24) is 4.98 Å². The number of aromatic nitrogens is 1. The Morgan fingerprint density at radius 3 is 2.94 bits per heavy atom. The molecule has 1 N–H and O–H groups in total. The van der Waals surface area contributed by atoms with Crippen LogP contribution in [0.5, 0.6) is 5.88 Å². The molecule has 0 saturated carbocycles. The van der Waals surface area contributed by atoms with Crippen molar-refractivity contribution in [3.8, 4) is 5.88 Å². The molecule has 0 bridgehead atoms. The van der Waals surface area contributed by atoms with Crippen molar-refractivity contribution in [3.05, 3.63) is 16.1 Å². The van der Waals surface area contributed by atoms with Gasteiger partial charge in [-0.25, -0.2) is 0 Å². The Kier molecular flexibility index (Phi) is 3.74. The van der Waals surface area contributed by atoms with E-state index < -0.39 is 0 Å². The zero-order valence-electron chi connectivity index (χ0n) is 8.80. The first-order chi connectivity index (χ1) is 7.70. The van der Waals surface area contributed by atoms with Crippen molar-refractivity contribution < 1.29 is 9.47 Å². The van der Waals surface area contributed by atoms with Crippen LogP contribution in [0.3, 0.4) is 0 Å². The predicted molar refractivity (Wildman–Crippen MR) is 63.7 cm³/mol. The molecule has 0 spiro atoms. The number of nitrogens with one attached hydrogen (secondary N) is 1. The number of ether oxygens (including phenoxy) is 2. The second-order valence-electron chi connectivity index (χ2n) is 3.46. The lowest BCUT2D eigenvalue weighted by Crippen LogP contribution is -2.17. The Morgan fingerprint density at radius 2 is 2.31 bits per heavy atom. The SMILES string of the molecule is CNc1nc(OC2CCOC2)c(Cl)cc1Cl. The highest BCUT2D eigenvalue weighted by Crippen LogP contribution is 2.31. The minimum Gasteiger partial charge on any atom is -0.471 e. The van der Waals surface area contributed by atoms with Gasteiger partial charge < -0.3 is 14.8 Å². The monoisotopic (exact) mass is 262 g/mol. The van der Waals surface area contributed by atoms with Crippen LogP contribution in [0.2, 0.25) is 10.0 Å². The van der Waals surface area contributed by atoms with E-state index in [0.29, 0.717) is 28.3 Å². The normalized spacial score (nSPS) is 19.8. The first kappa shape index (κ1) is 11.8. The summed E-state index contributed by atoms with van der Waals surface area (Å²) in [7, 11) is 1.74. The van der Waals surface area contributed by atoms with Gasteiger partial charge in [-0.3, -0.25) is 0 Å². The summed E-state index contributed by atoms with van der Waals surface area (Å²) in [5, 5.41) is 3.76. The molecule has 0 amide bonds. The molecular weight excluding hydrogens is 251 g/mol. The van der Waals surface area contributed by atoms with Gasteiger partial charge in [-0.05, 0) is 6.07 Å². The molecule has 1 aromatic rings. The number of hydrogen-bond acceptors (Lipinski definition) is 4. The van der Waals surface area contributed by atoms with E-state index in [1.807, 2.05) is 0 Å². The number of halogens is 2. The Labute approximate surface area is 104 Å². The van der Waals surface area contributed by atoms with Crippen LogP contribution in [-0.2, 0) is 4.74 Å². The Balaban J connectivity index is 2.18. The summed E-state index contributed by atoms with van der Waals surface area (Å²) in [5.41, 5.74) is 0. The predicted octanol–water partition coefficient (Wildman–Crippen LogP) is 2.60. The van der Waals surface area contributed by atoms with E-state index in [9.17, 15) is 0 Å². The van der Waals surface area contributed by atoms with Gasteiger partial charge in [0, 0.05) is 13.5 Å². The summed E-state index contributed by atoms with van der Waals surface area (Å²) in [6.07, 6.45) is 0.881. The van der Waals surface area contributed by atoms with Crippen molar-refractivity contribution in [2.75, 3.05) is 25.6 Å². The lowest BCUT2D eigenvalue weighted by atomic mass is 10.3. The van der Waals surface area contributed by atoms with Crippen molar-refractivity contribution in [1.29, 1.82) is 0 Å². The van der Waals surface area contributed by atoms with Crippen LogP contribution >= 0.6 is 23.2 Å². The van der Waals surface area contributed by atoms with Crippen LogP contribution in [0, 0.1) is 0 Å². The van der Waals surface area contributed by atoms with E-state index in [-0.39, 0.29) is 6.10 Å². The molecule has 1 atom stereocenters. The molecule has 1 aliphatic rings. The van der Waals surface area contributed by atoms with Gasteiger partial charge in [-0.15, -0.1) is 0 Å². The highest BCUT2D eigenvalue weighted by Gasteiger charge is 2.20. The summed E-state index contributed by atoms with van der Waals surface area (Å²) >= 11 is 11.9. The first-order valence-corrected chi connectivity index (χ1v) is 5.74. The topological polar surface area (TPSA) is 43.4 Å². The molecule has 1 aliphatic heterocycles. The number of rotatable bonds is 3. The molecule has 1 fully saturated rings. The summed E-state index contributed by atoms with van der Waals surface area (Å²) in [6.45, 7) is 1.30. The Hall–Kier alpha value is -0.710. The average molecular weight is 263 g/mol. The lowest BCUT2D eigenvalue weighted by Gasteiger charge is -2.13. The fourth-order valence-electron chi connectivity index (χ4n) is 1.47. The van der Waals surface area contributed by atoms with Crippen LogP contribution in [-0.4, -0.2) is 31.3 Å². The molecule has 0 radical (unpaired) electrons. The molecular formula is C10H12Cl2N2O2. The summed E-state index contributed by atoms with van der Waals surface area (Å²) in [6, 6.07) is 1.62. The fraction of sp³-hybridized carbons (Fsp3) is 0.500. The lowest BCUT2D eigenvalue weighted by molar-refractivity contribution is 0.138. The molecule has 88 valence electrons. The molecule has 2 rings (SSSR count). The first-order valence-electron chi connectivity index (χ1n) is 4.99. The molecule has 6 heteroatoms. The zero-order valence-corrected chi connectivity index (χ0v) is 10.3. The number of nitrogens with zero attached hydrogens (tertiary/aromatic N) is 1. The Bertz CT molecular complexity index is 381. The summed E-state index contributed by atoms with van der Waals surface area (Å²) in [4.78, 5) is 4.20. The van der Waals surface area contributed by atoms with Crippen molar-refractivity contribution in [3.63, 3.8) is 0 Å². The van der Waals surface area contributed by atoms with Gasteiger partial charge in [0.05, 0.1) is 18.2 Å². The van der Waals surface area contributed by atoms with E-state index in [1.54, 1.807) is 13.1 Å². The van der Waals surface area contributed by atoms with Gasteiger partial charge in [0.1, 0.15) is 16.9 Å². The highest BCUT2D eigenvalue weighted by atomic mass is 35.5. The van der Waals surface area contributed by atoms with Gasteiger partial charge in [0.2, 0.25) is 5.88 Å². The maximum Gasteiger partial charge on any atom is 0.235 e.